The average molecular weight is 377 g/mol. The van der Waals surface area contributed by atoms with E-state index in [9.17, 15) is 0 Å². The van der Waals surface area contributed by atoms with E-state index in [4.69, 9.17) is 0 Å². The van der Waals surface area contributed by atoms with Gasteiger partial charge in [-0.2, -0.15) is 5.10 Å². The first-order valence-electron chi connectivity index (χ1n) is 10.2. The zero-order valence-electron chi connectivity index (χ0n) is 16.9. The Morgan fingerprint density at radius 3 is 2.86 bits per heavy atom. The van der Waals surface area contributed by atoms with E-state index < -0.39 is 0 Å². The average Bonchev–Trinajstić information content (AvgIpc) is 3.09. The zero-order valence-corrected chi connectivity index (χ0v) is 16.9. The van der Waals surface area contributed by atoms with E-state index in [1.54, 1.807) is 0 Å². The Morgan fingerprint density at radius 2 is 2.00 bits per heavy atom. The Morgan fingerprint density at radius 1 is 1.11 bits per heavy atom. The molecule has 2 aromatic heterocycles. The highest BCUT2D eigenvalue weighted by Crippen LogP contribution is 2.36. The standard InChI is InChI=1S/C22H28N6/c1-15-12-28(21-6-7-24-22-20(21)11-25-26(22)3)14-17-4-5-18(10-19(15)17)27-9-8-23-16(2)13-27/h4-7,10-11,15-16,23H,8-9,12-14H2,1-3H3/t15-,16?/m0/s1. The first kappa shape index (κ1) is 17.5. The molecule has 0 saturated carbocycles. The molecule has 2 atom stereocenters. The first-order valence-corrected chi connectivity index (χ1v) is 10.2. The van der Waals surface area contributed by atoms with Crippen LogP contribution in [0.4, 0.5) is 11.4 Å². The SMILES string of the molecule is CC1CN(c2ccc3c(c2)[C@@H](C)CN(c2ccnc4c2cnn4C)C3)CCN1. The van der Waals surface area contributed by atoms with Crippen molar-refractivity contribution < 1.29 is 0 Å². The normalized spacial score (nSPS) is 22.5. The van der Waals surface area contributed by atoms with Crippen molar-refractivity contribution in [2.24, 2.45) is 7.05 Å². The molecule has 4 heterocycles. The van der Waals surface area contributed by atoms with Gasteiger partial charge in [-0.1, -0.05) is 13.0 Å². The predicted octanol–water partition coefficient (Wildman–Crippen LogP) is 2.89. The van der Waals surface area contributed by atoms with Gasteiger partial charge in [0.05, 0.1) is 17.3 Å². The quantitative estimate of drug-likeness (QED) is 0.745. The number of rotatable bonds is 2. The molecule has 1 fully saturated rings. The lowest BCUT2D eigenvalue weighted by Crippen LogP contribution is -2.49. The topological polar surface area (TPSA) is 49.2 Å². The van der Waals surface area contributed by atoms with Gasteiger partial charge in [-0.15, -0.1) is 0 Å². The number of aryl methyl sites for hydroxylation is 1. The van der Waals surface area contributed by atoms with Crippen LogP contribution in [0.15, 0.2) is 36.7 Å². The van der Waals surface area contributed by atoms with Crippen LogP contribution in [-0.2, 0) is 13.6 Å². The lowest BCUT2D eigenvalue weighted by molar-refractivity contribution is 0.484. The molecule has 5 rings (SSSR count). The van der Waals surface area contributed by atoms with Crippen molar-refractivity contribution in [3.05, 3.63) is 47.8 Å². The van der Waals surface area contributed by atoms with Gasteiger partial charge in [-0.25, -0.2) is 4.98 Å². The molecule has 2 aliphatic rings. The Bertz CT molecular complexity index is 1010. The number of nitrogens with zero attached hydrogens (tertiary/aromatic N) is 5. The minimum Gasteiger partial charge on any atom is -0.369 e. The molecule has 146 valence electrons. The third kappa shape index (κ3) is 2.92. The smallest absolute Gasteiger partial charge is 0.159 e. The van der Waals surface area contributed by atoms with Crippen molar-refractivity contribution in [2.75, 3.05) is 36.0 Å². The number of aromatic nitrogens is 3. The number of nitrogens with one attached hydrogen (secondary N) is 1. The zero-order chi connectivity index (χ0) is 19.3. The third-order valence-corrected chi connectivity index (χ3v) is 6.20. The van der Waals surface area contributed by atoms with Crippen molar-refractivity contribution in [1.82, 2.24) is 20.1 Å². The van der Waals surface area contributed by atoms with Gasteiger partial charge >= 0.3 is 0 Å². The molecule has 0 bridgehead atoms. The van der Waals surface area contributed by atoms with E-state index in [1.807, 2.05) is 24.1 Å². The molecule has 6 nitrogen and oxygen atoms in total. The number of hydrogen-bond donors (Lipinski definition) is 1. The Labute approximate surface area is 166 Å². The fraction of sp³-hybridized carbons (Fsp3) is 0.455. The van der Waals surface area contributed by atoms with Gasteiger partial charge in [0.25, 0.3) is 0 Å². The van der Waals surface area contributed by atoms with Crippen LogP contribution in [0, 0.1) is 0 Å². The number of piperazine rings is 1. The maximum absolute atomic E-state index is 4.49. The maximum atomic E-state index is 4.49. The molecular formula is C22H28N6. The lowest BCUT2D eigenvalue weighted by atomic mass is 9.90. The van der Waals surface area contributed by atoms with Crippen LogP contribution >= 0.6 is 0 Å². The molecule has 0 aliphatic carbocycles. The number of anilines is 2. The fourth-order valence-corrected chi connectivity index (χ4v) is 4.74. The summed E-state index contributed by atoms with van der Waals surface area (Å²) >= 11 is 0. The number of pyridine rings is 1. The molecule has 1 saturated heterocycles. The Balaban J connectivity index is 1.46. The van der Waals surface area contributed by atoms with Gasteiger partial charge in [0.2, 0.25) is 0 Å². The molecule has 6 heteroatoms. The number of benzene rings is 1. The van der Waals surface area contributed by atoms with E-state index in [0.717, 1.165) is 43.8 Å². The molecule has 0 spiro atoms. The van der Waals surface area contributed by atoms with Gasteiger partial charge in [0, 0.05) is 57.7 Å². The fourth-order valence-electron chi connectivity index (χ4n) is 4.74. The van der Waals surface area contributed by atoms with E-state index in [0.29, 0.717) is 12.0 Å². The van der Waals surface area contributed by atoms with Crippen LogP contribution in [-0.4, -0.2) is 47.0 Å². The number of fused-ring (bicyclic) bond motifs is 2. The lowest BCUT2D eigenvalue weighted by Gasteiger charge is -2.37. The molecule has 1 aromatic carbocycles. The monoisotopic (exact) mass is 376 g/mol. The second kappa shape index (κ2) is 6.78. The van der Waals surface area contributed by atoms with E-state index in [1.165, 1.54) is 22.5 Å². The summed E-state index contributed by atoms with van der Waals surface area (Å²) in [5, 5.41) is 9.07. The summed E-state index contributed by atoms with van der Waals surface area (Å²) in [7, 11) is 1.95. The van der Waals surface area contributed by atoms with Crippen molar-refractivity contribution in [3.8, 4) is 0 Å². The first-order chi connectivity index (χ1) is 13.6. The third-order valence-electron chi connectivity index (χ3n) is 6.20. The highest BCUT2D eigenvalue weighted by molar-refractivity contribution is 5.89. The molecule has 28 heavy (non-hydrogen) atoms. The van der Waals surface area contributed by atoms with Gasteiger partial charge in [-0.05, 0) is 42.2 Å². The predicted molar refractivity (Wildman–Crippen MR) is 114 cm³/mol. The Kier molecular flexibility index (Phi) is 4.23. The summed E-state index contributed by atoms with van der Waals surface area (Å²) < 4.78 is 1.85. The van der Waals surface area contributed by atoms with E-state index in [2.05, 4.69) is 63.3 Å². The highest BCUT2D eigenvalue weighted by Gasteiger charge is 2.26. The van der Waals surface area contributed by atoms with Gasteiger partial charge < -0.3 is 15.1 Å². The maximum Gasteiger partial charge on any atom is 0.159 e. The van der Waals surface area contributed by atoms with Crippen molar-refractivity contribution in [1.29, 1.82) is 0 Å². The minimum absolute atomic E-state index is 0.490. The second-order valence-corrected chi connectivity index (χ2v) is 8.30. The molecule has 2 aliphatic heterocycles. The van der Waals surface area contributed by atoms with Crippen LogP contribution in [0.3, 0.4) is 0 Å². The van der Waals surface area contributed by atoms with Crippen LogP contribution in [0.5, 0.6) is 0 Å². The summed E-state index contributed by atoms with van der Waals surface area (Å²) in [4.78, 5) is 9.49. The Hall–Kier alpha value is -2.60. The molecule has 1 unspecified atom stereocenters. The van der Waals surface area contributed by atoms with Crippen LogP contribution < -0.4 is 15.1 Å². The summed E-state index contributed by atoms with van der Waals surface area (Å²) in [6.07, 6.45) is 3.83. The molecule has 0 amide bonds. The summed E-state index contributed by atoms with van der Waals surface area (Å²) in [6, 6.07) is 9.74. The highest BCUT2D eigenvalue weighted by atomic mass is 15.3. The summed E-state index contributed by atoms with van der Waals surface area (Å²) in [5.74, 6) is 0.490. The van der Waals surface area contributed by atoms with Crippen molar-refractivity contribution >= 4 is 22.4 Å². The summed E-state index contributed by atoms with van der Waals surface area (Å²) in [5.41, 5.74) is 6.47. The van der Waals surface area contributed by atoms with Gasteiger partial charge in [-0.3, -0.25) is 4.68 Å². The van der Waals surface area contributed by atoms with Crippen LogP contribution in [0.1, 0.15) is 30.9 Å². The molecule has 0 radical (unpaired) electrons. The minimum atomic E-state index is 0.490. The van der Waals surface area contributed by atoms with E-state index >= 15 is 0 Å². The largest absolute Gasteiger partial charge is 0.369 e. The van der Waals surface area contributed by atoms with E-state index in [-0.39, 0.29) is 0 Å². The van der Waals surface area contributed by atoms with Crippen molar-refractivity contribution in [2.45, 2.75) is 32.4 Å². The second-order valence-electron chi connectivity index (χ2n) is 8.30. The molecule has 3 aromatic rings. The van der Waals surface area contributed by atoms with Crippen LogP contribution in [0.2, 0.25) is 0 Å². The molecular weight excluding hydrogens is 348 g/mol. The van der Waals surface area contributed by atoms with Crippen molar-refractivity contribution in [3.63, 3.8) is 0 Å². The van der Waals surface area contributed by atoms with Crippen LogP contribution in [0.25, 0.3) is 11.0 Å². The summed E-state index contributed by atoms with van der Waals surface area (Å²) in [6.45, 7) is 9.78. The molecule has 1 N–H and O–H groups in total. The number of hydrogen-bond acceptors (Lipinski definition) is 5. The van der Waals surface area contributed by atoms with Gasteiger partial charge in [0.15, 0.2) is 5.65 Å². The van der Waals surface area contributed by atoms with Gasteiger partial charge in [0.1, 0.15) is 0 Å².